The van der Waals surface area contributed by atoms with Crippen molar-refractivity contribution in [3.05, 3.63) is 23.9 Å². The number of aliphatic hydroxyl groups is 1. The second-order valence-electron chi connectivity index (χ2n) is 13.8. The van der Waals surface area contributed by atoms with E-state index in [-0.39, 0.29) is 24.6 Å². The van der Waals surface area contributed by atoms with Gasteiger partial charge in [0.05, 0.1) is 6.10 Å². The van der Waals surface area contributed by atoms with E-state index in [9.17, 15) is 24.3 Å². The van der Waals surface area contributed by atoms with Gasteiger partial charge in [0.2, 0.25) is 11.8 Å². The Morgan fingerprint density at radius 1 is 1.05 bits per heavy atom. The number of rotatable bonds is 11. The number of allylic oxidation sites excluding steroid dienone is 3. The Morgan fingerprint density at radius 2 is 1.70 bits per heavy atom. The van der Waals surface area contributed by atoms with Crippen molar-refractivity contribution in [2.75, 3.05) is 6.54 Å². The fraction of sp³-hybridized carbons (Fsp3) is 0.727. The molecule has 3 amide bonds. The van der Waals surface area contributed by atoms with E-state index in [1.807, 2.05) is 26.8 Å². The fourth-order valence-electron chi connectivity index (χ4n) is 5.49. The molecule has 2 rings (SSSR count). The highest BCUT2D eigenvalue weighted by Gasteiger charge is 2.46. The number of aliphatic hydroxyl groups excluding tert-OH is 1. The summed E-state index contributed by atoms with van der Waals surface area (Å²) in [5.41, 5.74) is -1.29. The first-order valence-electron chi connectivity index (χ1n) is 15.8. The summed E-state index contributed by atoms with van der Waals surface area (Å²) in [7, 11) is 0. The minimum Gasteiger partial charge on any atom is -0.458 e. The summed E-state index contributed by atoms with van der Waals surface area (Å²) in [4.78, 5) is 59.8. The minimum absolute atomic E-state index is 0.0383. The van der Waals surface area contributed by atoms with Crippen LogP contribution in [-0.2, 0) is 23.9 Å². The van der Waals surface area contributed by atoms with Crippen LogP contribution in [0.2, 0.25) is 0 Å². The largest absolute Gasteiger partial charge is 0.458 e. The molecule has 3 N–H and O–H groups in total. The second-order valence-corrected chi connectivity index (χ2v) is 13.8. The lowest BCUT2D eigenvalue weighted by molar-refractivity contribution is -0.164. The van der Waals surface area contributed by atoms with Gasteiger partial charge < -0.3 is 25.4 Å². The van der Waals surface area contributed by atoms with E-state index in [0.717, 1.165) is 44.9 Å². The number of carbonyl (C=O) groups is 4. The highest BCUT2D eigenvalue weighted by atomic mass is 16.6. The Kier molecular flexibility index (Phi) is 13.6. The van der Waals surface area contributed by atoms with Crippen molar-refractivity contribution in [1.82, 2.24) is 15.5 Å². The number of hydrogen-bond donors (Lipinski definition) is 3. The Labute approximate surface area is 257 Å². The molecule has 4 atom stereocenters. The Hall–Kier alpha value is -3.01. The van der Waals surface area contributed by atoms with Gasteiger partial charge in [0.25, 0.3) is 5.91 Å². The molecule has 2 aliphatic rings. The van der Waals surface area contributed by atoms with Crippen molar-refractivity contribution in [1.29, 1.82) is 0 Å². The lowest BCUT2D eigenvalue weighted by Crippen LogP contribution is -2.61. The van der Waals surface area contributed by atoms with Crippen LogP contribution in [0.4, 0.5) is 0 Å². The topological polar surface area (TPSA) is 137 Å². The summed E-state index contributed by atoms with van der Waals surface area (Å²) in [6, 6.07) is -2.84. The number of nitrogens with one attached hydrogen (secondary N) is 2. The number of esters is 1. The summed E-state index contributed by atoms with van der Waals surface area (Å²) in [5.74, 6) is -2.07. The molecule has 0 spiro atoms. The molecule has 2 fully saturated rings. The summed E-state index contributed by atoms with van der Waals surface area (Å²) in [6.07, 6.45) is 12.6. The van der Waals surface area contributed by atoms with Gasteiger partial charge >= 0.3 is 5.97 Å². The zero-order valence-electron chi connectivity index (χ0n) is 27.4. The molecule has 1 heterocycles. The molecule has 0 bridgehead atoms. The molecule has 0 aromatic heterocycles. The Bertz CT molecular complexity index is 1060. The maximum atomic E-state index is 14.0. The lowest BCUT2D eigenvalue weighted by atomic mass is 9.82. The molecule has 0 radical (unpaired) electrons. The predicted molar refractivity (Wildman–Crippen MR) is 168 cm³/mol. The third-order valence-corrected chi connectivity index (χ3v) is 7.73. The fourth-order valence-corrected chi connectivity index (χ4v) is 5.49. The molecule has 1 aliphatic heterocycles. The van der Waals surface area contributed by atoms with E-state index in [0.29, 0.717) is 0 Å². The number of likely N-dealkylation sites (tertiary alicyclic amines) is 1. The summed E-state index contributed by atoms with van der Waals surface area (Å²) in [6.45, 7) is 14.5. The molecule has 3 unspecified atom stereocenters. The van der Waals surface area contributed by atoms with E-state index in [4.69, 9.17) is 4.74 Å². The minimum atomic E-state index is -1.01. The van der Waals surface area contributed by atoms with Crippen LogP contribution in [0.25, 0.3) is 0 Å². The van der Waals surface area contributed by atoms with Gasteiger partial charge in [0.1, 0.15) is 29.4 Å². The van der Waals surface area contributed by atoms with Crippen molar-refractivity contribution in [2.45, 2.75) is 137 Å². The van der Waals surface area contributed by atoms with E-state index in [2.05, 4.69) is 22.5 Å². The SMILES string of the molecule is C\C=C(/N=C/C=C/CCC)C(=O)N[C@H](C(=O)NC(C(=O)N1CC(O)CC1C(=O)OC(C)(C)C)C(C)(C)C)C1CCCCC1. The van der Waals surface area contributed by atoms with Gasteiger partial charge in [-0.25, -0.2) is 4.79 Å². The number of unbranched alkanes of at least 4 members (excludes halogenated alkanes) is 1. The van der Waals surface area contributed by atoms with E-state index >= 15 is 0 Å². The quantitative estimate of drug-likeness (QED) is 0.184. The molecule has 1 saturated carbocycles. The van der Waals surface area contributed by atoms with Crippen LogP contribution < -0.4 is 10.6 Å². The number of amides is 3. The molecular formula is C33H54N4O6. The van der Waals surface area contributed by atoms with Crippen LogP contribution in [-0.4, -0.2) is 76.3 Å². The van der Waals surface area contributed by atoms with Gasteiger partial charge in [0, 0.05) is 19.2 Å². The van der Waals surface area contributed by atoms with Crippen molar-refractivity contribution in [3.63, 3.8) is 0 Å². The Balaban J connectivity index is 2.31. The number of nitrogens with zero attached hydrogens (tertiary/aromatic N) is 2. The first-order chi connectivity index (χ1) is 20.1. The van der Waals surface area contributed by atoms with Crippen LogP contribution in [0.3, 0.4) is 0 Å². The van der Waals surface area contributed by atoms with Gasteiger partial charge in [-0.2, -0.15) is 0 Å². The molecule has 0 aromatic rings. The van der Waals surface area contributed by atoms with Crippen LogP contribution in [0, 0.1) is 11.3 Å². The van der Waals surface area contributed by atoms with E-state index in [1.54, 1.807) is 46.1 Å². The van der Waals surface area contributed by atoms with Crippen LogP contribution in [0.1, 0.15) is 107 Å². The van der Waals surface area contributed by atoms with Gasteiger partial charge in [-0.15, -0.1) is 0 Å². The molecule has 1 aliphatic carbocycles. The molecule has 0 aromatic carbocycles. The van der Waals surface area contributed by atoms with Crippen LogP contribution in [0.15, 0.2) is 28.9 Å². The number of hydrogen-bond acceptors (Lipinski definition) is 7. The zero-order chi connectivity index (χ0) is 32.4. The van der Waals surface area contributed by atoms with Gasteiger partial charge in [-0.3, -0.25) is 19.4 Å². The number of ether oxygens (including phenoxy) is 1. The smallest absolute Gasteiger partial charge is 0.329 e. The van der Waals surface area contributed by atoms with E-state index < -0.39 is 58.9 Å². The molecule has 1 saturated heterocycles. The molecule has 10 heteroatoms. The first-order valence-corrected chi connectivity index (χ1v) is 15.8. The summed E-state index contributed by atoms with van der Waals surface area (Å²) >= 11 is 0. The molecule has 43 heavy (non-hydrogen) atoms. The van der Waals surface area contributed by atoms with Crippen molar-refractivity contribution < 1.29 is 29.0 Å². The average molecular weight is 603 g/mol. The highest BCUT2D eigenvalue weighted by Crippen LogP contribution is 2.30. The van der Waals surface area contributed by atoms with Gasteiger partial charge in [0.15, 0.2) is 0 Å². The van der Waals surface area contributed by atoms with E-state index in [1.165, 1.54) is 4.90 Å². The monoisotopic (exact) mass is 602 g/mol. The highest BCUT2D eigenvalue weighted by molar-refractivity contribution is 5.99. The number of aliphatic imine (C=N–C) groups is 1. The number of β-amino-alcohol motifs (C(OH)–C–C–N with tert-alkyl or cyclic N) is 1. The van der Waals surface area contributed by atoms with Gasteiger partial charge in [-0.05, 0) is 64.4 Å². The normalized spacial score (nSPS) is 22.1. The molecule has 242 valence electrons. The third-order valence-electron chi connectivity index (χ3n) is 7.73. The lowest BCUT2D eigenvalue weighted by Gasteiger charge is -2.37. The average Bonchev–Trinajstić information content (AvgIpc) is 3.32. The maximum Gasteiger partial charge on any atom is 0.329 e. The van der Waals surface area contributed by atoms with Crippen molar-refractivity contribution >= 4 is 29.9 Å². The predicted octanol–water partition coefficient (Wildman–Crippen LogP) is 4.22. The number of carbonyl (C=O) groups excluding carboxylic acids is 4. The molecular weight excluding hydrogens is 548 g/mol. The van der Waals surface area contributed by atoms with Crippen molar-refractivity contribution in [2.24, 2.45) is 16.3 Å². The summed E-state index contributed by atoms with van der Waals surface area (Å²) in [5, 5.41) is 16.3. The Morgan fingerprint density at radius 3 is 2.26 bits per heavy atom. The maximum absolute atomic E-state index is 14.0. The van der Waals surface area contributed by atoms with Crippen molar-refractivity contribution in [3.8, 4) is 0 Å². The third kappa shape index (κ3) is 11.2. The molecule has 10 nitrogen and oxygen atoms in total. The summed E-state index contributed by atoms with van der Waals surface area (Å²) < 4.78 is 5.54. The van der Waals surface area contributed by atoms with Crippen LogP contribution in [0.5, 0.6) is 0 Å². The zero-order valence-corrected chi connectivity index (χ0v) is 27.4. The van der Waals surface area contributed by atoms with Gasteiger partial charge in [-0.1, -0.05) is 65.5 Å². The van der Waals surface area contributed by atoms with Crippen LogP contribution >= 0.6 is 0 Å². The standard InChI is InChI=1S/C33H54N4O6/c1-9-11-12-16-19-34-24(10-2)28(39)35-26(22-17-14-13-15-18-22)29(40)36-27(32(3,4)5)30(41)37-21-23(38)20-25(37)31(42)43-33(6,7)8/h10,12,16,19,22-23,25-27,38H,9,11,13-15,17-18,20-21H2,1-8H3,(H,35,39)(H,36,40)/b16-12+,24-10-,34-19+/t23?,25?,26-,27?/m0/s1. The second kappa shape index (κ2) is 16.2. The first kappa shape index (κ1) is 36.2.